The second kappa shape index (κ2) is 5.49. The molecule has 0 heterocycles. The summed E-state index contributed by atoms with van der Waals surface area (Å²) < 4.78 is 0.530. The summed E-state index contributed by atoms with van der Waals surface area (Å²) in [4.78, 5) is 23.1. The van der Waals surface area contributed by atoms with Crippen LogP contribution in [0.4, 0.5) is 5.69 Å². The predicted octanol–water partition coefficient (Wildman–Crippen LogP) is 2.08. The van der Waals surface area contributed by atoms with E-state index in [1.807, 2.05) is 0 Å². The molecule has 6 heteroatoms. The predicted molar refractivity (Wildman–Crippen MR) is 72.9 cm³/mol. The van der Waals surface area contributed by atoms with Crippen LogP contribution in [0.2, 0.25) is 0 Å². The van der Waals surface area contributed by atoms with Gasteiger partial charge in [0.25, 0.3) is 0 Å². The van der Waals surface area contributed by atoms with Crippen molar-refractivity contribution in [3.8, 4) is 0 Å². The molecule has 1 aromatic carbocycles. The fourth-order valence-electron chi connectivity index (χ4n) is 1.21. The van der Waals surface area contributed by atoms with Crippen LogP contribution in [0.25, 0.3) is 0 Å². The van der Waals surface area contributed by atoms with Gasteiger partial charge in [-0.05, 0) is 49.0 Å². The Hall–Kier alpha value is -1.40. The van der Waals surface area contributed by atoms with Crippen molar-refractivity contribution in [2.75, 3.05) is 12.4 Å². The second-order valence-corrected chi connectivity index (χ2v) is 5.15. The number of anilines is 1. The van der Waals surface area contributed by atoms with Gasteiger partial charge in [0.05, 0.1) is 16.8 Å². The number of aromatic carboxylic acids is 1. The van der Waals surface area contributed by atoms with E-state index in [1.165, 1.54) is 6.07 Å². The van der Waals surface area contributed by atoms with Crippen molar-refractivity contribution in [1.82, 2.24) is 5.32 Å². The molecule has 0 aliphatic heterocycles. The average molecular weight is 315 g/mol. The Morgan fingerprint density at radius 2 is 1.94 bits per heavy atom. The van der Waals surface area contributed by atoms with Gasteiger partial charge in [-0.1, -0.05) is 6.07 Å². The normalized spacial score (nSPS) is 11.1. The maximum Gasteiger partial charge on any atom is 0.337 e. The van der Waals surface area contributed by atoms with Gasteiger partial charge in [-0.3, -0.25) is 4.79 Å². The highest BCUT2D eigenvalue weighted by atomic mass is 79.9. The summed E-state index contributed by atoms with van der Waals surface area (Å²) in [6.45, 7) is 3.42. The molecule has 0 aliphatic carbocycles. The zero-order valence-electron chi connectivity index (χ0n) is 10.4. The third-order valence-corrected chi connectivity index (χ3v) is 3.34. The number of hydrogen-bond donors (Lipinski definition) is 3. The van der Waals surface area contributed by atoms with Gasteiger partial charge < -0.3 is 15.7 Å². The lowest BCUT2D eigenvalue weighted by atomic mass is 10.0. The molecular formula is C12H15BrN2O3. The van der Waals surface area contributed by atoms with Gasteiger partial charge in [0, 0.05) is 4.47 Å². The third-order valence-electron chi connectivity index (χ3n) is 2.68. The van der Waals surface area contributed by atoms with E-state index in [0.717, 1.165) is 0 Å². The average Bonchev–Trinajstić information content (AvgIpc) is 2.31. The van der Waals surface area contributed by atoms with Gasteiger partial charge in [0.1, 0.15) is 0 Å². The van der Waals surface area contributed by atoms with E-state index in [4.69, 9.17) is 5.11 Å². The fraction of sp³-hybridized carbons (Fsp3) is 0.333. The highest BCUT2D eigenvalue weighted by Crippen LogP contribution is 2.27. The molecule has 5 nitrogen and oxygen atoms in total. The minimum atomic E-state index is -1.09. The van der Waals surface area contributed by atoms with Crippen molar-refractivity contribution in [1.29, 1.82) is 0 Å². The lowest BCUT2D eigenvalue weighted by Gasteiger charge is -2.23. The van der Waals surface area contributed by atoms with Gasteiger partial charge in [0.15, 0.2) is 0 Å². The van der Waals surface area contributed by atoms with Crippen LogP contribution in [0.15, 0.2) is 22.7 Å². The number of likely N-dealkylation sites (N-methyl/N-ethyl adjacent to an activating group) is 1. The number of carbonyl (C=O) groups excluding carboxylic acids is 1. The van der Waals surface area contributed by atoms with Crippen molar-refractivity contribution in [2.45, 2.75) is 19.4 Å². The van der Waals surface area contributed by atoms with E-state index < -0.39 is 11.5 Å². The largest absolute Gasteiger partial charge is 0.478 e. The zero-order valence-corrected chi connectivity index (χ0v) is 12.0. The quantitative estimate of drug-likeness (QED) is 0.795. The molecule has 1 aromatic rings. The van der Waals surface area contributed by atoms with Gasteiger partial charge in [0.2, 0.25) is 5.91 Å². The van der Waals surface area contributed by atoms with E-state index >= 15 is 0 Å². The first-order valence-corrected chi connectivity index (χ1v) is 6.11. The Morgan fingerprint density at radius 1 is 1.33 bits per heavy atom. The lowest BCUT2D eigenvalue weighted by molar-refractivity contribution is -0.121. The summed E-state index contributed by atoms with van der Waals surface area (Å²) in [6, 6.07) is 4.72. The lowest BCUT2D eigenvalue weighted by Crippen LogP contribution is -2.48. The summed E-state index contributed by atoms with van der Waals surface area (Å²) in [6.07, 6.45) is 0. The molecule has 0 saturated heterocycles. The minimum absolute atomic E-state index is 0.0460. The first kappa shape index (κ1) is 14.7. The molecule has 98 valence electrons. The Kier molecular flexibility index (Phi) is 4.48. The molecule has 0 radical (unpaired) electrons. The smallest absolute Gasteiger partial charge is 0.337 e. The number of nitrogens with one attached hydrogen (secondary N) is 2. The van der Waals surface area contributed by atoms with Gasteiger partial charge in [-0.2, -0.15) is 0 Å². The van der Waals surface area contributed by atoms with E-state index in [1.54, 1.807) is 33.0 Å². The van der Waals surface area contributed by atoms with Crippen LogP contribution in [0.1, 0.15) is 24.2 Å². The standard InChI is InChI=1S/C12H15BrN2O3/c1-12(2,14-3)11(18)15-9-7(10(16)17)5-4-6-8(9)13/h4-6,14H,1-3H3,(H,15,18)(H,16,17). The topological polar surface area (TPSA) is 78.4 Å². The van der Waals surface area contributed by atoms with Crippen LogP contribution < -0.4 is 10.6 Å². The first-order chi connectivity index (χ1) is 8.29. The molecule has 0 aliphatic rings. The van der Waals surface area contributed by atoms with E-state index in [2.05, 4.69) is 26.6 Å². The highest BCUT2D eigenvalue weighted by Gasteiger charge is 2.27. The Bertz CT molecular complexity index is 486. The SMILES string of the molecule is CNC(C)(C)C(=O)Nc1c(Br)cccc1C(=O)O. The highest BCUT2D eigenvalue weighted by molar-refractivity contribution is 9.10. The van der Waals surface area contributed by atoms with Crippen molar-refractivity contribution in [3.05, 3.63) is 28.2 Å². The number of carboxylic acids is 1. The Balaban J connectivity index is 3.12. The van der Waals surface area contributed by atoms with Crippen molar-refractivity contribution < 1.29 is 14.7 Å². The number of carbonyl (C=O) groups is 2. The Labute approximate surface area is 114 Å². The monoisotopic (exact) mass is 314 g/mol. The fourth-order valence-corrected chi connectivity index (χ4v) is 1.68. The number of hydrogen-bond acceptors (Lipinski definition) is 3. The molecule has 1 amide bonds. The summed E-state index contributed by atoms with van der Waals surface area (Å²) >= 11 is 3.23. The maximum absolute atomic E-state index is 12.0. The molecule has 3 N–H and O–H groups in total. The molecule has 0 spiro atoms. The summed E-state index contributed by atoms with van der Waals surface area (Å²) in [7, 11) is 1.66. The van der Waals surface area contributed by atoms with Gasteiger partial charge in [-0.25, -0.2) is 4.79 Å². The van der Waals surface area contributed by atoms with E-state index in [0.29, 0.717) is 4.47 Å². The Morgan fingerprint density at radius 3 is 2.44 bits per heavy atom. The van der Waals surface area contributed by atoms with Crippen LogP contribution in [0.3, 0.4) is 0 Å². The van der Waals surface area contributed by atoms with Gasteiger partial charge in [-0.15, -0.1) is 0 Å². The molecular weight excluding hydrogens is 300 g/mol. The van der Waals surface area contributed by atoms with Crippen LogP contribution in [0, 0.1) is 0 Å². The number of amides is 1. The summed E-state index contributed by atoms with van der Waals surface area (Å²) in [5, 5.41) is 14.6. The van der Waals surface area contributed by atoms with Crippen LogP contribution >= 0.6 is 15.9 Å². The third kappa shape index (κ3) is 3.08. The number of para-hydroxylation sites is 1. The maximum atomic E-state index is 12.0. The number of halogens is 1. The second-order valence-electron chi connectivity index (χ2n) is 4.30. The minimum Gasteiger partial charge on any atom is -0.478 e. The van der Waals surface area contributed by atoms with Crippen molar-refractivity contribution in [3.63, 3.8) is 0 Å². The number of rotatable bonds is 4. The molecule has 0 atom stereocenters. The summed E-state index contributed by atoms with van der Waals surface area (Å²) in [5.74, 6) is -1.40. The zero-order chi connectivity index (χ0) is 13.9. The summed E-state index contributed by atoms with van der Waals surface area (Å²) in [5.41, 5.74) is -0.478. The first-order valence-electron chi connectivity index (χ1n) is 5.31. The number of benzene rings is 1. The van der Waals surface area contributed by atoms with Crippen LogP contribution in [-0.4, -0.2) is 29.6 Å². The van der Waals surface area contributed by atoms with Gasteiger partial charge >= 0.3 is 5.97 Å². The number of carboxylic acid groups (broad SMARTS) is 1. The molecule has 1 rings (SSSR count). The molecule has 0 bridgehead atoms. The van der Waals surface area contributed by atoms with E-state index in [-0.39, 0.29) is 17.2 Å². The molecule has 0 fully saturated rings. The van der Waals surface area contributed by atoms with Crippen LogP contribution in [-0.2, 0) is 4.79 Å². The molecule has 0 saturated carbocycles. The van der Waals surface area contributed by atoms with Crippen molar-refractivity contribution >= 4 is 33.5 Å². The van der Waals surface area contributed by atoms with Crippen molar-refractivity contribution in [2.24, 2.45) is 0 Å². The van der Waals surface area contributed by atoms with E-state index in [9.17, 15) is 9.59 Å². The van der Waals surface area contributed by atoms with Crippen LogP contribution in [0.5, 0.6) is 0 Å². The molecule has 18 heavy (non-hydrogen) atoms. The molecule has 0 unspecified atom stereocenters. The molecule has 0 aromatic heterocycles.